The largest absolute Gasteiger partial charge is 0.480 e. The number of carbonyl (C=O) groups excluding carboxylic acids is 1. The Balaban J connectivity index is 2.10. The standard InChI is InChI=1S/C18H23N3O5/c1-4-10(2)15(18(25)26)20-14(22)8-6-11-5-7-13-12(9-11)19-16(23)17(24)21(13)3/h5,7,9-10,15H,4,6,8H2,1-3H3,(H,19,23)(H,20,22)(H,25,26)/t10-,15+/m0/s1. The maximum atomic E-state index is 12.1. The molecule has 140 valence electrons. The first-order valence-corrected chi connectivity index (χ1v) is 8.48. The molecule has 26 heavy (non-hydrogen) atoms. The summed E-state index contributed by atoms with van der Waals surface area (Å²) in [5.74, 6) is -1.55. The highest BCUT2D eigenvalue weighted by Gasteiger charge is 2.24. The fourth-order valence-corrected chi connectivity index (χ4v) is 2.76. The molecule has 1 aromatic carbocycles. The van der Waals surface area contributed by atoms with Crippen LogP contribution in [0.25, 0.3) is 11.0 Å². The number of aryl methyl sites for hydroxylation is 2. The summed E-state index contributed by atoms with van der Waals surface area (Å²) in [5.41, 5.74) is 0.572. The van der Waals surface area contributed by atoms with Crippen LogP contribution >= 0.6 is 0 Å². The molecular formula is C18H23N3O5. The second-order valence-corrected chi connectivity index (χ2v) is 6.44. The summed E-state index contributed by atoms with van der Waals surface area (Å²) in [6, 6.07) is 4.29. The number of nitrogens with one attached hydrogen (secondary N) is 2. The topological polar surface area (TPSA) is 121 Å². The quantitative estimate of drug-likeness (QED) is 0.629. The number of aromatic nitrogens is 2. The Hall–Kier alpha value is -2.90. The van der Waals surface area contributed by atoms with E-state index in [1.807, 2.05) is 6.92 Å². The highest BCUT2D eigenvalue weighted by atomic mass is 16.4. The Morgan fingerprint density at radius 3 is 2.62 bits per heavy atom. The molecule has 3 N–H and O–H groups in total. The van der Waals surface area contributed by atoms with Crippen molar-refractivity contribution in [2.75, 3.05) is 0 Å². The summed E-state index contributed by atoms with van der Waals surface area (Å²) in [4.78, 5) is 49.1. The summed E-state index contributed by atoms with van der Waals surface area (Å²) in [7, 11) is 1.52. The van der Waals surface area contributed by atoms with Crippen molar-refractivity contribution in [3.8, 4) is 0 Å². The maximum Gasteiger partial charge on any atom is 0.326 e. The number of carboxylic acids is 1. The summed E-state index contributed by atoms with van der Waals surface area (Å²) in [6.07, 6.45) is 1.16. The fraction of sp³-hybridized carbons (Fsp3) is 0.444. The van der Waals surface area contributed by atoms with E-state index in [2.05, 4.69) is 10.3 Å². The number of carboxylic acid groups (broad SMARTS) is 1. The number of hydrogen-bond donors (Lipinski definition) is 3. The minimum atomic E-state index is -1.04. The summed E-state index contributed by atoms with van der Waals surface area (Å²) in [5, 5.41) is 11.8. The molecule has 2 atom stereocenters. The zero-order valence-corrected chi connectivity index (χ0v) is 15.0. The Kier molecular flexibility index (Phi) is 5.97. The van der Waals surface area contributed by atoms with Gasteiger partial charge >= 0.3 is 17.1 Å². The van der Waals surface area contributed by atoms with Gasteiger partial charge in [0.05, 0.1) is 11.0 Å². The van der Waals surface area contributed by atoms with Gasteiger partial charge < -0.3 is 20.0 Å². The van der Waals surface area contributed by atoms with Crippen molar-refractivity contribution < 1.29 is 14.7 Å². The molecule has 0 fully saturated rings. The van der Waals surface area contributed by atoms with Crippen LogP contribution < -0.4 is 16.4 Å². The lowest BCUT2D eigenvalue weighted by molar-refractivity contribution is -0.143. The third-order valence-electron chi connectivity index (χ3n) is 4.61. The first kappa shape index (κ1) is 19.4. The summed E-state index contributed by atoms with van der Waals surface area (Å²) < 4.78 is 1.27. The number of hydrogen-bond acceptors (Lipinski definition) is 4. The average molecular weight is 361 g/mol. The molecule has 0 bridgehead atoms. The first-order chi connectivity index (χ1) is 12.2. The van der Waals surface area contributed by atoms with E-state index in [1.165, 1.54) is 11.6 Å². The van der Waals surface area contributed by atoms with Gasteiger partial charge in [0, 0.05) is 13.5 Å². The minimum absolute atomic E-state index is 0.127. The van der Waals surface area contributed by atoms with Gasteiger partial charge in [0.15, 0.2) is 0 Å². The second kappa shape index (κ2) is 7.99. The molecule has 2 rings (SSSR count). The van der Waals surface area contributed by atoms with Gasteiger partial charge in [-0.05, 0) is 30.0 Å². The van der Waals surface area contributed by atoms with Gasteiger partial charge in [-0.2, -0.15) is 0 Å². The van der Waals surface area contributed by atoms with Gasteiger partial charge in [-0.1, -0.05) is 26.3 Å². The second-order valence-electron chi connectivity index (χ2n) is 6.44. The van der Waals surface area contributed by atoms with E-state index in [0.717, 1.165) is 5.56 Å². The third-order valence-corrected chi connectivity index (χ3v) is 4.61. The van der Waals surface area contributed by atoms with E-state index in [1.54, 1.807) is 25.1 Å². The molecule has 2 aromatic rings. The van der Waals surface area contributed by atoms with Crippen molar-refractivity contribution in [1.29, 1.82) is 0 Å². The van der Waals surface area contributed by atoms with E-state index in [9.17, 15) is 24.3 Å². The van der Waals surface area contributed by atoms with Crippen LogP contribution in [-0.2, 0) is 23.1 Å². The van der Waals surface area contributed by atoms with Crippen LogP contribution in [-0.4, -0.2) is 32.6 Å². The van der Waals surface area contributed by atoms with Crippen molar-refractivity contribution in [3.63, 3.8) is 0 Å². The van der Waals surface area contributed by atoms with Crippen molar-refractivity contribution in [3.05, 3.63) is 44.5 Å². The predicted octanol–water partition coefficient (Wildman–Crippen LogP) is 0.775. The lowest BCUT2D eigenvalue weighted by Gasteiger charge is -2.20. The molecule has 8 heteroatoms. The van der Waals surface area contributed by atoms with Gasteiger partial charge in [-0.25, -0.2) is 4.79 Å². The molecular weight excluding hydrogens is 338 g/mol. The van der Waals surface area contributed by atoms with Crippen molar-refractivity contribution in [2.45, 2.75) is 39.2 Å². The lowest BCUT2D eigenvalue weighted by atomic mass is 9.99. The molecule has 0 spiro atoms. The Bertz CT molecular complexity index is 944. The zero-order valence-electron chi connectivity index (χ0n) is 15.0. The predicted molar refractivity (Wildman–Crippen MR) is 97.2 cm³/mol. The number of rotatable bonds is 7. The summed E-state index contributed by atoms with van der Waals surface area (Å²) in [6.45, 7) is 3.65. The molecule has 0 unspecified atom stereocenters. The smallest absolute Gasteiger partial charge is 0.326 e. The van der Waals surface area contributed by atoms with E-state index < -0.39 is 23.1 Å². The van der Waals surface area contributed by atoms with Crippen LogP contribution in [0.1, 0.15) is 32.3 Å². The molecule has 1 heterocycles. The highest BCUT2D eigenvalue weighted by molar-refractivity contribution is 5.84. The number of H-pyrrole nitrogens is 1. The average Bonchev–Trinajstić information content (AvgIpc) is 2.61. The molecule has 1 amide bonds. The van der Waals surface area contributed by atoms with Crippen LogP contribution in [0.15, 0.2) is 27.8 Å². The number of carbonyl (C=O) groups is 2. The molecule has 0 saturated carbocycles. The minimum Gasteiger partial charge on any atom is -0.480 e. The molecule has 0 radical (unpaired) electrons. The van der Waals surface area contributed by atoms with Gasteiger partial charge in [0.1, 0.15) is 6.04 Å². The van der Waals surface area contributed by atoms with E-state index in [4.69, 9.17) is 0 Å². The number of amides is 1. The van der Waals surface area contributed by atoms with Crippen LogP contribution in [0.2, 0.25) is 0 Å². The van der Waals surface area contributed by atoms with Gasteiger partial charge in [-0.3, -0.25) is 14.4 Å². The first-order valence-electron chi connectivity index (χ1n) is 8.48. The number of aromatic amines is 1. The zero-order chi connectivity index (χ0) is 19.4. The lowest BCUT2D eigenvalue weighted by Crippen LogP contribution is -2.45. The molecule has 0 aliphatic carbocycles. The van der Waals surface area contributed by atoms with Crippen LogP contribution in [0.5, 0.6) is 0 Å². The van der Waals surface area contributed by atoms with Crippen molar-refractivity contribution in [1.82, 2.24) is 14.9 Å². The van der Waals surface area contributed by atoms with Gasteiger partial charge in [-0.15, -0.1) is 0 Å². The highest BCUT2D eigenvalue weighted by Crippen LogP contribution is 2.13. The fourth-order valence-electron chi connectivity index (χ4n) is 2.76. The Morgan fingerprint density at radius 2 is 2.00 bits per heavy atom. The summed E-state index contributed by atoms with van der Waals surface area (Å²) >= 11 is 0. The van der Waals surface area contributed by atoms with Crippen molar-refractivity contribution in [2.24, 2.45) is 13.0 Å². The van der Waals surface area contributed by atoms with Crippen LogP contribution in [0.3, 0.4) is 0 Å². The van der Waals surface area contributed by atoms with Crippen LogP contribution in [0.4, 0.5) is 0 Å². The molecule has 0 saturated heterocycles. The van der Waals surface area contributed by atoms with E-state index >= 15 is 0 Å². The maximum absolute atomic E-state index is 12.1. The number of aliphatic carboxylic acids is 1. The Morgan fingerprint density at radius 1 is 1.31 bits per heavy atom. The van der Waals surface area contributed by atoms with Crippen LogP contribution in [0, 0.1) is 5.92 Å². The van der Waals surface area contributed by atoms with E-state index in [0.29, 0.717) is 23.9 Å². The monoisotopic (exact) mass is 361 g/mol. The van der Waals surface area contributed by atoms with Gasteiger partial charge in [0.2, 0.25) is 5.91 Å². The third kappa shape index (κ3) is 4.19. The van der Waals surface area contributed by atoms with Crippen molar-refractivity contribution >= 4 is 22.9 Å². The number of benzene rings is 1. The molecule has 0 aliphatic rings. The SMILES string of the molecule is CC[C@H](C)[C@@H](NC(=O)CCc1ccc2c(c1)[nH]c(=O)c(=O)n2C)C(=O)O. The molecule has 8 nitrogen and oxygen atoms in total. The van der Waals surface area contributed by atoms with Gasteiger partial charge in [0.25, 0.3) is 0 Å². The molecule has 0 aliphatic heterocycles. The normalized spacial score (nSPS) is 13.3. The Labute approximate surface area is 149 Å². The van der Waals surface area contributed by atoms with E-state index in [-0.39, 0.29) is 18.2 Å². The molecule has 1 aromatic heterocycles. The number of fused-ring (bicyclic) bond motifs is 1. The number of nitrogens with zero attached hydrogens (tertiary/aromatic N) is 1.